The Bertz CT molecular complexity index is 284. The molecular weight excluding hydrogens is 174 g/mol. The maximum Gasteiger partial charge on any atom is 0.111 e. The summed E-state index contributed by atoms with van der Waals surface area (Å²) in [5, 5.41) is 3.44. The van der Waals surface area contributed by atoms with Crippen molar-refractivity contribution in [3.63, 3.8) is 0 Å². The minimum atomic E-state index is 0.520. The molecule has 3 nitrogen and oxygen atoms in total. The van der Waals surface area contributed by atoms with Crippen LogP contribution >= 0.6 is 0 Å². The molecule has 1 N–H and O–H groups in total. The van der Waals surface area contributed by atoms with E-state index in [-0.39, 0.29) is 0 Å². The van der Waals surface area contributed by atoms with Gasteiger partial charge in [0.25, 0.3) is 0 Å². The second-order valence-corrected chi connectivity index (χ2v) is 4.35. The largest absolute Gasteiger partial charge is 0.330 e. The van der Waals surface area contributed by atoms with E-state index in [2.05, 4.69) is 34.9 Å². The van der Waals surface area contributed by atoms with Crippen molar-refractivity contribution in [3.05, 3.63) is 18.2 Å². The third-order valence-electron chi connectivity index (χ3n) is 2.88. The summed E-state index contributed by atoms with van der Waals surface area (Å²) in [5.41, 5.74) is 0. The van der Waals surface area contributed by atoms with Crippen LogP contribution in [-0.4, -0.2) is 22.6 Å². The molecule has 2 rings (SSSR count). The van der Waals surface area contributed by atoms with Gasteiger partial charge in [0.1, 0.15) is 5.82 Å². The van der Waals surface area contributed by atoms with Crippen LogP contribution in [0.25, 0.3) is 0 Å². The zero-order valence-electron chi connectivity index (χ0n) is 9.03. The topological polar surface area (TPSA) is 29.9 Å². The van der Waals surface area contributed by atoms with Gasteiger partial charge in [-0.3, -0.25) is 0 Å². The SMILES string of the molecule is CC(C)c1nccn1[C@H]1CCCNC1. The van der Waals surface area contributed by atoms with Crippen LogP contribution in [0.1, 0.15) is 44.5 Å². The molecule has 0 bridgehead atoms. The summed E-state index contributed by atoms with van der Waals surface area (Å²) in [6, 6.07) is 0.614. The monoisotopic (exact) mass is 193 g/mol. The van der Waals surface area contributed by atoms with Crippen molar-refractivity contribution in [2.45, 2.75) is 38.6 Å². The van der Waals surface area contributed by atoms with Gasteiger partial charge in [-0.1, -0.05) is 13.8 Å². The van der Waals surface area contributed by atoms with E-state index in [9.17, 15) is 0 Å². The molecule has 1 saturated heterocycles. The molecular formula is C11H19N3. The molecule has 1 aliphatic rings. The molecule has 0 aromatic carbocycles. The molecule has 0 spiro atoms. The summed E-state index contributed by atoms with van der Waals surface area (Å²) >= 11 is 0. The van der Waals surface area contributed by atoms with Gasteiger partial charge in [0.15, 0.2) is 0 Å². The van der Waals surface area contributed by atoms with Crippen molar-refractivity contribution in [3.8, 4) is 0 Å². The molecule has 1 fully saturated rings. The standard InChI is InChI=1S/C11H19N3/c1-9(2)11-13-6-7-14(11)10-4-3-5-12-8-10/h6-7,9-10,12H,3-5,8H2,1-2H3/t10-/m0/s1. The van der Waals surface area contributed by atoms with E-state index < -0.39 is 0 Å². The quantitative estimate of drug-likeness (QED) is 0.777. The molecule has 1 atom stereocenters. The van der Waals surface area contributed by atoms with Crippen LogP contribution in [0, 0.1) is 0 Å². The molecule has 0 unspecified atom stereocenters. The number of hydrogen-bond acceptors (Lipinski definition) is 2. The Hall–Kier alpha value is -0.830. The lowest BCUT2D eigenvalue weighted by molar-refractivity contribution is 0.360. The number of aromatic nitrogens is 2. The third-order valence-corrected chi connectivity index (χ3v) is 2.88. The predicted octanol–water partition coefficient (Wildman–Crippen LogP) is 1.93. The van der Waals surface area contributed by atoms with E-state index in [4.69, 9.17) is 0 Å². The zero-order chi connectivity index (χ0) is 9.97. The molecule has 0 radical (unpaired) electrons. The maximum atomic E-state index is 4.43. The first-order chi connectivity index (χ1) is 6.79. The fourth-order valence-corrected chi connectivity index (χ4v) is 2.15. The molecule has 1 aliphatic heterocycles. The first-order valence-electron chi connectivity index (χ1n) is 5.52. The summed E-state index contributed by atoms with van der Waals surface area (Å²) in [5.74, 6) is 1.74. The van der Waals surface area contributed by atoms with Gasteiger partial charge in [-0.25, -0.2) is 4.98 Å². The molecule has 3 heteroatoms. The highest BCUT2D eigenvalue weighted by atomic mass is 15.1. The van der Waals surface area contributed by atoms with Crippen molar-refractivity contribution in [1.29, 1.82) is 0 Å². The highest BCUT2D eigenvalue weighted by Crippen LogP contribution is 2.21. The van der Waals surface area contributed by atoms with Crippen LogP contribution in [0.15, 0.2) is 12.4 Å². The van der Waals surface area contributed by atoms with Crippen LogP contribution in [0.2, 0.25) is 0 Å². The molecule has 14 heavy (non-hydrogen) atoms. The third kappa shape index (κ3) is 1.82. The van der Waals surface area contributed by atoms with Crippen molar-refractivity contribution >= 4 is 0 Å². The Labute approximate surface area is 85.5 Å². The van der Waals surface area contributed by atoms with Gasteiger partial charge >= 0.3 is 0 Å². The first-order valence-corrected chi connectivity index (χ1v) is 5.52. The molecule has 78 valence electrons. The number of nitrogens with zero attached hydrogens (tertiary/aromatic N) is 2. The zero-order valence-corrected chi connectivity index (χ0v) is 9.03. The molecule has 1 aromatic rings. The number of piperidine rings is 1. The second-order valence-electron chi connectivity index (χ2n) is 4.35. The average Bonchev–Trinajstić information content (AvgIpc) is 2.67. The second kappa shape index (κ2) is 4.13. The Balaban J connectivity index is 2.17. The van der Waals surface area contributed by atoms with Gasteiger partial charge in [-0.05, 0) is 19.4 Å². The molecule has 0 aliphatic carbocycles. The van der Waals surface area contributed by atoms with Crippen LogP contribution < -0.4 is 5.32 Å². The van der Waals surface area contributed by atoms with Crippen LogP contribution in [-0.2, 0) is 0 Å². The van der Waals surface area contributed by atoms with E-state index in [0.29, 0.717) is 12.0 Å². The highest BCUT2D eigenvalue weighted by molar-refractivity contribution is 5.00. The molecule has 0 amide bonds. The van der Waals surface area contributed by atoms with Gasteiger partial charge in [-0.15, -0.1) is 0 Å². The number of hydrogen-bond donors (Lipinski definition) is 1. The normalized spacial score (nSPS) is 22.9. The van der Waals surface area contributed by atoms with Gasteiger partial charge in [-0.2, -0.15) is 0 Å². The van der Waals surface area contributed by atoms with Crippen molar-refractivity contribution in [1.82, 2.24) is 14.9 Å². The predicted molar refractivity (Wildman–Crippen MR) is 57.5 cm³/mol. The number of imidazole rings is 1. The lowest BCUT2D eigenvalue weighted by Crippen LogP contribution is -2.32. The highest BCUT2D eigenvalue weighted by Gasteiger charge is 2.18. The fourth-order valence-electron chi connectivity index (χ4n) is 2.15. The van der Waals surface area contributed by atoms with E-state index in [0.717, 1.165) is 6.54 Å². The van der Waals surface area contributed by atoms with Gasteiger partial charge in [0.2, 0.25) is 0 Å². The van der Waals surface area contributed by atoms with Crippen molar-refractivity contribution < 1.29 is 0 Å². The minimum Gasteiger partial charge on any atom is -0.330 e. The maximum absolute atomic E-state index is 4.43. The number of nitrogens with one attached hydrogen (secondary N) is 1. The van der Waals surface area contributed by atoms with Crippen LogP contribution in [0.4, 0.5) is 0 Å². The van der Waals surface area contributed by atoms with Crippen LogP contribution in [0.5, 0.6) is 0 Å². The van der Waals surface area contributed by atoms with E-state index in [1.165, 1.54) is 25.2 Å². The Kier molecular flexibility index (Phi) is 2.87. The van der Waals surface area contributed by atoms with Gasteiger partial charge in [0.05, 0.1) is 0 Å². The van der Waals surface area contributed by atoms with E-state index in [1.54, 1.807) is 0 Å². The van der Waals surface area contributed by atoms with Crippen molar-refractivity contribution in [2.24, 2.45) is 0 Å². The van der Waals surface area contributed by atoms with Crippen LogP contribution in [0.3, 0.4) is 0 Å². The summed E-state index contributed by atoms with van der Waals surface area (Å²) in [6.07, 6.45) is 6.60. The summed E-state index contributed by atoms with van der Waals surface area (Å²) < 4.78 is 2.34. The lowest BCUT2D eigenvalue weighted by Gasteiger charge is -2.26. The van der Waals surface area contributed by atoms with E-state index >= 15 is 0 Å². The Morgan fingerprint density at radius 1 is 1.57 bits per heavy atom. The summed E-state index contributed by atoms with van der Waals surface area (Å²) in [6.45, 7) is 6.67. The first kappa shape index (κ1) is 9.71. The number of rotatable bonds is 2. The smallest absolute Gasteiger partial charge is 0.111 e. The van der Waals surface area contributed by atoms with Crippen molar-refractivity contribution in [2.75, 3.05) is 13.1 Å². The van der Waals surface area contributed by atoms with Gasteiger partial charge in [0, 0.05) is 30.9 Å². The summed E-state index contributed by atoms with van der Waals surface area (Å²) in [4.78, 5) is 4.43. The fraction of sp³-hybridized carbons (Fsp3) is 0.727. The lowest BCUT2D eigenvalue weighted by atomic mass is 10.1. The molecule has 2 heterocycles. The minimum absolute atomic E-state index is 0.520. The average molecular weight is 193 g/mol. The Morgan fingerprint density at radius 2 is 2.43 bits per heavy atom. The van der Waals surface area contributed by atoms with E-state index in [1.807, 2.05) is 6.20 Å². The van der Waals surface area contributed by atoms with Gasteiger partial charge < -0.3 is 9.88 Å². The molecule has 1 aromatic heterocycles. The summed E-state index contributed by atoms with van der Waals surface area (Å²) in [7, 11) is 0. The molecule has 0 saturated carbocycles. The Morgan fingerprint density at radius 3 is 3.07 bits per heavy atom.